The maximum absolute atomic E-state index is 15.3. The summed E-state index contributed by atoms with van der Waals surface area (Å²) in [6, 6.07) is 14.4. The van der Waals surface area contributed by atoms with E-state index in [9.17, 15) is 4.79 Å². The van der Waals surface area contributed by atoms with Crippen LogP contribution >= 0.6 is 11.6 Å². The number of rotatable bonds is 3. The highest BCUT2D eigenvalue weighted by atomic mass is 35.5. The van der Waals surface area contributed by atoms with Crippen molar-refractivity contribution < 1.29 is 9.18 Å². The lowest BCUT2D eigenvalue weighted by Crippen LogP contribution is -2.32. The number of carbonyl (C=O) groups excluding carboxylic acids is 1. The third kappa shape index (κ3) is 3.72. The molecule has 4 aromatic rings. The van der Waals surface area contributed by atoms with Crippen LogP contribution in [0.4, 0.5) is 14.9 Å². The smallest absolute Gasteiger partial charge is 0.321 e. The van der Waals surface area contributed by atoms with Gasteiger partial charge in [0.05, 0.1) is 5.02 Å². The van der Waals surface area contributed by atoms with E-state index in [-0.39, 0.29) is 17.5 Å². The summed E-state index contributed by atoms with van der Waals surface area (Å²) < 4.78 is 16.6. The van der Waals surface area contributed by atoms with E-state index in [1.54, 1.807) is 35.5 Å². The summed E-state index contributed by atoms with van der Waals surface area (Å²) in [5.74, 6) is -0.333. The number of hydrogen-bond acceptors (Lipinski definition) is 3. The first kappa shape index (κ1) is 19.5. The predicted molar refractivity (Wildman–Crippen MR) is 119 cm³/mol. The molecule has 1 aliphatic heterocycles. The molecule has 156 valence electrons. The van der Waals surface area contributed by atoms with Gasteiger partial charge >= 0.3 is 6.03 Å². The fourth-order valence-electron chi connectivity index (χ4n) is 3.77. The fraction of sp³-hybridized carbons (Fsp3) is 0.174. The van der Waals surface area contributed by atoms with Gasteiger partial charge in [-0.2, -0.15) is 4.39 Å². The first-order chi connectivity index (χ1) is 15.1. The van der Waals surface area contributed by atoms with Crippen molar-refractivity contribution in [2.24, 2.45) is 0 Å². The third-order valence-electron chi connectivity index (χ3n) is 5.39. The number of aromatic nitrogens is 3. The van der Waals surface area contributed by atoms with Crippen molar-refractivity contribution in [1.29, 1.82) is 0 Å². The summed E-state index contributed by atoms with van der Waals surface area (Å²) in [6.07, 6.45) is 5.33. The van der Waals surface area contributed by atoms with E-state index in [1.807, 2.05) is 30.3 Å². The van der Waals surface area contributed by atoms with Crippen LogP contribution in [0.25, 0.3) is 28.2 Å². The number of nitrogens with one attached hydrogen (secondary N) is 1. The summed E-state index contributed by atoms with van der Waals surface area (Å²) in [5, 5.41) is 3.20. The molecule has 0 unspecified atom stereocenters. The summed E-state index contributed by atoms with van der Waals surface area (Å²) in [6.45, 7) is 1.48. The van der Waals surface area contributed by atoms with Crippen molar-refractivity contribution in [2.45, 2.75) is 12.8 Å². The van der Waals surface area contributed by atoms with Crippen molar-refractivity contribution in [3.8, 4) is 22.4 Å². The Morgan fingerprint density at radius 2 is 1.84 bits per heavy atom. The summed E-state index contributed by atoms with van der Waals surface area (Å²) in [5.41, 5.74) is 2.71. The van der Waals surface area contributed by atoms with E-state index in [4.69, 9.17) is 11.6 Å². The number of halogens is 2. The lowest BCUT2D eigenvalue weighted by Gasteiger charge is -2.16. The largest absolute Gasteiger partial charge is 0.325 e. The molecule has 0 bridgehead atoms. The molecule has 1 fully saturated rings. The molecule has 0 atom stereocenters. The Balaban J connectivity index is 1.51. The number of fused-ring (bicyclic) bond motifs is 1. The van der Waals surface area contributed by atoms with E-state index in [0.717, 1.165) is 37.1 Å². The Kier molecular flexibility index (Phi) is 5.03. The monoisotopic (exact) mass is 435 g/mol. The van der Waals surface area contributed by atoms with Gasteiger partial charge in [0.15, 0.2) is 0 Å². The second-order valence-electron chi connectivity index (χ2n) is 7.45. The van der Waals surface area contributed by atoms with Crippen molar-refractivity contribution in [1.82, 2.24) is 19.3 Å². The first-order valence-corrected chi connectivity index (χ1v) is 10.4. The molecule has 0 radical (unpaired) electrons. The van der Waals surface area contributed by atoms with Gasteiger partial charge < -0.3 is 10.2 Å². The molecule has 1 aliphatic rings. The topological polar surface area (TPSA) is 62.5 Å². The third-order valence-corrected chi connectivity index (χ3v) is 5.72. The quantitative estimate of drug-likeness (QED) is 0.463. The average molecular weight is 436 g/mol. The van der Waals surface area contributed by atoms with Crippen LogP contribution in [-0.4, -0.2) is 38.4 Å². The Hall–Kier alpha value is -3.45. The molecule has 8 heteroatoms. The van der Waals surface area contributed by atoms with Gasteiger partial charge in [-0.1, -0.05) is 41.9 Å². The Morgan fingerprint density at radius 3 is 2.61 bits per heavy atom. The van der Waals surface area contributed by atoms with Crippen molar-refractivity contribution >= 4 is 29.1 Å². The molecule has 3 heterocycles. The molecule has 2 amide bonds. The van der Waals surface area contributed by atoms with Crippen molar-refractivity contribution in [3.63, 3.8) is 0 Å². The van der Waals surface area contributed by atoms with Gasteiger partial charge in [-0.3, -0.25) is 4.40 Å². The molecule has 2 aromatic carbocycles. The maximum Gasteiger partial charge on any atom is 0.321 e. The number of nitrogens with zero attached hydrogens (tertiary/aromatic N) is 4. The van der Waals surface area contributed by atoms with Crippen molar-refractivity contribution in [3.05, 3.63) is 71.9 Å². The van der Waals surface area contributed by atoms with Crippen LogP contribution in [0.3, 0.4) is 0 Å². The average Bonchev–Trinajstić information content (AvgIpc) is 3.44. The highest BCUT2D eigenvalue weighted by molar-refractivity contribution is 6.33. The van der Waals surface area contributed by atoms with Crippen LogP contribution in [0.2, 0.25) is 5.02 Å². The second-order valence-corrected chi connectivity index (χ2v) is 7.86. The molecule has 6 nitrogen and oxygen atoms in total. The summed E-state index contributed by atoms with van der Waals surface area (Å²) >= 11 is 6.36. The van der Waals surface area contributed by atoms with Crippen LogP contribution < -0.4 is 5.32 Å². The van der Waals surface area contributed by atoms with Gasteiger partial charge in [-0.25, -0.2) is 14.8 Å². The molecule has 0 spiro atoms. The molecule has 1 N–H and O–H groups in total. The van der Waals surface area contributed by atoms with Crippen LogP contribution in [0.5, 0.6) is 0 Å². The predicted octanol–water partition coefficient (Wildman–Crippen LogP) is 5.48. The van der Waals surface area contributed by atoms with Gasteiger partial charge in [0.2, 0.25) is 11.7 Å². The van der Waals surface area contributed by atoms with Crippen LogP contribution in [0.1, 0.15) is 12.8 Å². The van der Waals surface area contributed by atoms with E-state index in [1.165, 1.54) is 4.40 Å². The molecule has 1 saturated heterocycles. The molecule has 31 heavy (non-hydrogen) atoms. The van der Waals surface area contributed by atoms with Gasteiger partial charge in [0.25, 0.3) is 0 Å². The number of anilines is 1. The number of imidazole rings is 1. The second kappa shape index (κ2) is 8.00. The summed E-state index contributed by atoms with van der Waals surface area (Å²) in [7, 11) is 0. The Labute approximate surface area is 183 Å². The molecule has 0 saturated carbocycles. The van der Waals surface area contributed by atoms with Gasteiger partial charge in [-0.05, 0) is 36.6 Å². The molecular formula is C23H19ClFN5O. The molecule has 0 aliphatic carbocycles. The number of amides is 2. The van der Waals surface area contributed by atoms with E-state index in [2.05, 4.69) is 15.3 Å². The minimum atomic E-state index is -0.565. The number of carbonyl (C=O) groups is 1. The molecular weight excluding hydrogens is 417 g/mol. The highest BCUT2D eigenvalue weighted by Gasteiger charge is 2.21. The van der Waals surface area contributed by atoms with Gasteiger partial charge in [0.1, 0.15) is 5.69 Å². The number of urea groups is 1. The SMILES string of the molecule is O=C(Nc1ccc(Cl)c(-c2nc3ncc(-c4ccccc4)cn3c2F)c1)N1CCCC1. The minimum Gasteiger partial charge on any atom is -0.325 e. The zero-order chi connectivity index (χ0) is 21.4. The summed E-state index contributed by atoms with van der Waals surface area (Å²) in [4.78, 5) is 22.8. The minimum absolute atomic E-state index is 0.0833. The van der Waals surface area contributed by atoms with Gasteiger partial charge in [-0.15, -0.1) is 0 Å². The van der Waals surface area contributed by atoms with Crippen LogP contribution in [-0.2, 0) is 0 Å². The van der Waals surface area contributed by atoms with Crippen LogP contribution in [0.15, 0.2) is 60.9 Å². The standard InChI is InChI=1S/C23H19ClFN5O/c24-19-9-8-17(27-23(31)29-10-4-5-11-29)12-18(19)20-21(25)30-14-16(13-26-22(30)28-20)15-6-2-1-3-7-15/h1-3,6-9,12-14H,4-5,10-11H2,(H,27,31). The normalized spacial score (nSPS) is 13.7. The number of benzene rings is 2. The number of hydrogen-bond donors (Lipinski definition) is 1. The molecule has 5 rings (SSSR count). The lowest BCUT2D eigenvalue weighted by atomic mass is 10.1. The van der Waals surface area contributed by atoms with E-state index < -0.39 is 5.95 Å². The maximum atomic E-state index is 15.3. The zero-order valence-corrected chi connectivity index (χ0v) is 17.3. The fourth-order valence-corrected chi connectivity index (χ4v) is 3.97. The number of likely N-dealkylation sites (tertiary alicyclic amines) is 1. The van der Waals surface area contributed by atoms with E-state index >= 15 is 4.39 Å². The first-order valence-electron chi connectivity index (χ1n) is 10.0. The van der Waals surface area contributed by atoms with E-state index in [0.29, 0.717) is 16.3 Å². The van der Waals surface area contributed by atoms with Crippen LogP contribution in [0, 0.1) is 5.95 Å². The highest BCUT2D eigenvalue weighted by Crippen LogP contribution is 2.33. The zero-order valence-electron chi connectivity index (χ0n) is 16.6. The molecule has 2 aromatic heterocycles. The van der Waals surface area contributed by atoms with Gasteiger partial charge in [0, 0.05) is 42.3 Å². The Bertz CT molecular complexity index is 1270. The Morgan fingerprint density at radius 1 is 1.06 bits per heavy atom. The lowest BCUT2D eigenvalue weighted by molar-refractivity contribution is 0.222. The van der Waals surface area contributed by atoms with Crippen molar-refractivity contribution in [2.75, 3.05) is 18.4 Å².